The summed E-state index contributed by atoms with van der Waals surface area (Å²) in [7, 11) is 1.37. The number of benzene rings is 1. The summed E-state index contributed by atoms with van der Waals surface area (Å²) in [5, 5.41) is 0. The Labute approximate surface area is 127 Å². The highest BCUT2D eigenvalue weighted by atomic mass is 16.5. The molecule has 6 heteroatoms. The smallest absolute Gasteiger partial charge is 0.337 e. The molecular formula is C16H18N4O2. The van der Waals surface area contributed by atoms with Gasteiger partial charge in [0.05, 0.1) is 29.9 Å². The van der Waals surface area contributed by atoms with E-state index in [-0.39, 0.29) is 5.97 Å². The number of ether oxygens (including phenoxy) is 1. The number of esters is 1. The minimum absolute atomic E-state index is 0.360. The predicted octanol–water partition coefficient (Wildman–Crippen LogP) is 3.08. The van der Waals surface area contributed by atoms with Crippen LogP contribution >= 0.6 is 0 Å². The third-order valence-electron chi connectivity index (χ3n) is 3.55. The summed E-state index contributed by atoms with van der Waals surface area (Å²) in [5.74, 6) is 1.32. The highest BCUT2D eigenvalue weighted by molar-refractivity contribution is 5.94. The van der Waals surface area contributed by atoms with E-state index in [9.17, 15) is 4.79 Å². The van der Waals surface area contributed by atoms with Gasteiger partial charge in [-0.05, 0) is 24.6 Å². The van der Waals surface area contributed by atoms with Gasteiger partial charge in [-0.3, -0.25) is 0 Å². The molecule has 0 aliphatic heterocycles. The van der Waals surface area contributed by atoms with E-state index in [2.05, 4.69) is 26.9 Å². The molecule has 0 amide bonds. The highest BCUT2D eigenvalue weighted by Gasteiger charge is 2.11. The van der Waals surface area contributed by atoms with E-state index in [1.807, 2.05) is 0 Å². The summed E-state index contributed by atoms with van der Waals surface area (Å²) < 4.78 is 4.73. The van der Waals surface area contributed by atoms with Crippen LogP contribution in [0.15, 0.2) is 24.4 Å². The van der Waals surface area contributed by atoms with Crippen molar-refractivity contribution >= 4 is 17.0 Å². The van der Waals surface area contributed by atoms with Crippen LogP contribution in [-0.4, -0.2) is 33.0 Å². The summed E-state index contributed by atoms with van der Waals surface area (Å²) in [5.41, 5.74) is 2.94. The Morgan fingerprint density at radius 3 is 2.95 bits per heavy atom. The van der Waals surface area contributed by atoms with Crippen molar-refractivity contribution in [3.8, 4) is 11.5 Å². The summed E-state index contributed by atoms with van der Waals surface area (Å²) >= 11 is 0. The van der Waals surface area contributed by atoms with Gasteiger partial charge in [-0.15, -0.1) is 0 Å². The summed E-state index contributed by atoms with van der Waals surface area (Å²) in [6, 6.07) is 5.25. The number of methoxy groups -OCH3 is 1. The fourth-order valence-corrected chi connectivity index (χ4v) is 2.34. The Kier molecular flexibility index (Phi) is 3.91. The van der Waals surface area contributed by atoms with E-state index in [0.717, 1.165) is 41.8 Å². The number of imidazole rings is 2. The minimum atomic E-state index is -0.360. The maximum absolute atomic E-state index is 11.6. The van der Waals surface area contributed by atoms with Crippen molar-refractivity contribution in [1.29, 1.82) is 0 Å². The number of aromatic nitrogens is 4. The molecule has 0 unspecified atom stereocenters. The number of hydrogen-bond acceptors (Lipinski definition) is 4. The summed E-state index contributed by atoms with van der Waals surface area (Å²) in [6.07, 6.45) is 4.96. The molecule has 2 N–H and O–H groups in total. The maximum atomic E-state index is 11.6. The number of unbranched alkanes of at least 4 members (excludes halogenated alkanes) is 1. The number of fused-ring (bicyclic) bond motifs is 1. The molecule has 3 aromatic rings. The van der Waals surface area contributed by atoms with Crippen molar-refractivity contribution in [1.82, 2.24) is 19.9 Å². The summed E-state index contributed by atoms with van der Waals surface area (Å²) in [6.45, 7) is 2.15. The molecule has 0 saturated carbocycles. The number of aryl methyl sites for hydroxylation is 1. The van der Waals surface area contributed by atoms with E-state index in [1.165, 1.54) is 7.11 Å². The van der Waals surface area contributed by atoms with Gasteiger partial charge in [0.2, 0.25) is 0 Å². The number of nitrogens with one attached hydrogen (secondary N) is 2. The predicted molar refractivity (Wildman–Crippen MR) is 83.6 cm³/mol. The lowest BCUT2D eigenvalue weighted by molar-refractivity contribution is 0.0601. The Balaban J connectivity index is 1.91. The van der Waals surface area contributed by atoms with Gasteiger partial charge < -0.3 is 14.7 Å². The van der Waals surface area contributed by atoms with Gasteiger partial charge in [0.1, 0.15) is 11.5 Å². The molecule has 0 atom stereocenters. The van der Waals surface area contributed by atoms with Crippen LogP contribution in [0.25, 0.3) is 22.6 Å². The SMILES string of the molecule is CCCCc1ncc(-c2nc3ccc(C(=O)OC)cc3[nH]2)[nH]1. The van der Waals surface area contributed by atoms with E-state index < -0.39 is 0 Å². The molecule has 0 aliphatic carbocycles. The Bertz CT molecular complexity index is 803. The fourth-order valence-electron chi connectivity index (χ4n) is 2.34. The fraction of sp³-hybridized carbons (Fsp3) is 0.312. The van der Waals surface area contributed by atoms with Gasteiger partial charge in [0.15, 0.2) is 5.82 Å². The molecule has 0 radical (unpaired) electrons. The standard InChI is InChI=1S/C16H18N4O2/c1-3-4-5-14-17-9-13(18-14)15-19-11-7-6-10(16(21)22-2)8-12(11)20-15/h6-9H,3-5H2,1-2H3,(H,17,18)(H,19,20). The summed E-state index contributed by atoms with van der Waals surface area (Å²) in [4.78, 5) is 26.9. The molecular weight excluding hydrogens is 280 g/mol. The number of carbonyl (C=O) groups excluding carboxylic acids is 1. The third kappa shape index (κ3) is 2.72. The molecule has 6 nitrogen and oxygen atoms in total. The zero-order valence-electron chi connectivity index (χ0n) is 12.6. The molecule has 3 rings (SSSR count). The second-order valence-corrected chi connectivity index (χ2v) is 5.16. The van der Waals surface area contributed by atoms with Crippen molar-refractivity contribution in [2.45, 2.75) is 26.2 Å². The first-order valence-corrected chi connectivity index (χ1v) is 7.33. The molecule has 114 valence electrons. The number of aromatic amines is 2. The van der Waals surface area contributed by atoms with E-state index in [4.69, 9.17) is 4.74 Å². The number of H-pyrrole nitrogens is 2. The zero-order valence-corrected chi connectivity index (χ0v) is 12.6. The number of rotatable bonds is 5. The Morgan fingerprint density at radius 1 is 1.32 bits per heavy atom. The average molecular weight is 298 g/mol. The first-order chi connectivity index (χ1) is 10.7. The number of hydrogen-bond donors (Lipinski definition) is 2. The molecule has 2 aromatic heterocycles. The second-order valence-electron chi connectivity index (χ2n) is 5.16. The van der Waals surface area contributed by atoms with Crippen LogP contribution in [0.1, 0.15) is 35.9 Å². The second kappa shape index (κ2) is 6.01. The first kappa shape index (κ1) is 14.3. The average Bonchev–Trinajstić information content (AvgIpc) is 3.17. The van der Waals surface area contributed by atoms with Crippen LogP contribution in [0.5, 0.6) is 0 Å². The van der Waals surface area contributed by atoms with Crippen molar-refractivity contribution in [3.05, 3.63) is 35.8 Å². The maximum Gasteiger partial charge on any atom is 0.337 e. The highest BCUT2D eigenvalue weighted by Crippen LogP contribution is 2.20. The molecule has 2 heterocycles. The van der Waals surface area contributed by atoms with Crippen molar-refractivity contribution in [3.63, 3.8) is 0 Å². The number of nitrogens with zero attached hydrogens (tertiary/aromatic N) is 2. The van der Waals surface area contributed by atoms with Crippen LogP contribution in [0.4, 0.5) is 0 Å². The van der Waals surface area contributed by atoms with Crippen LogP contribution in [-0.2, 0) is 11.2 Å². The van der Waals surface area contributed by atoms with Gasteiger partial charge in [0.25, 0.3) is 0 Å². The topological polar surface area (TPSA) is 83.7 Å². The molecule has 22 heavy (non-hydrogen) atoms. The Morgan fingerprint density at radius 2 is 2.18 bits per heavy atom. The van der Waals surface area contributed by atoms with Gasteiger partial charge in [-0.25, -0.2) is 14.8 Å². The molecule has 0 fully saturated rings. The van der Waals surface area contributed by atoms with Gasteiger partial charge in [-0.1, -0.05) is 13.3 Å². The molecule has 0 aliphatic rings. The molecule has 1 aromatic carbocycles. The van der Waals surface area contributed by atoms with E-state index in [1.54, 1.807) is 24.4 Å². The van der Waals surface area contributed by atoms with E-state index >= 15 is 0 Å². The van der Waals surface area contributed by atoms with Crippen LogP contribution < -0.4 is 0 Å². The zero-order chi connectivity index (χ0) is 15.5. The van der Waals surface area contributed by atoms with Crippen LogP contribution in [0.3, 0.4) is 0 Å². The van der Waals surface area contributed by atoms with Crippen molar-refractivity contribution in [2.24, 2.45) is 0 Å². The largest absolute Gasteiger partial charge is 0.465 e. The lowest BCUT2D eigenvalue weighted by Gasteiger charge is -1.97. The van der Waals surface area contributed by atoms with Crippen molar-refractivity contribution < 1.29 is 9.53 Å². The lowest BCUT2D eigenvalue weighted by Crippen LogP contribution is -2.00. The van der Waals surface area contributed by atoms with Gasteiger partial charge in [0, 0.05) is 6.42 Å². The van der Waals surface area contributed by atoms with Gasteiger partial charge >= 0.3 is 5.97 Å². The first-order valence-electron chi connectivity index (χ1n) is 7.33. The number of carbonyl (C=O) groups is 1. The van der Waals surface area contributed by atoms with Crippen LogP contribution in [0, 0.1) is 0 Å². The van der Waals surface area contributed by atoms with E-state index in [0.29, 0.717) is 11.4 Å². The third-order valence-corrected chi connectivity index (χ3v) is 3.55. The van der Waals surface area contributed by atoms with Gasteiger partial charge in [-0.2, -0.15) is 0 Å². The molecule has 0 bridgehead atoms. The Hall–Kier alpha value is -2.63. The molecule has 0 spiro atoms. The monoisotopic (exact) mass is 298 g/mol. The minimum Gasteiger partial charge on any atom is -0.465 e. The van der Waals surface area contributed by atoms with Crippen LogP contribution in [0.2, 0.25) is 0 Å². The normalized spacial score (nSPS) is 11.0. The quantitative estimate of drug-likeness (QED) is 0.709. The van der Waals surface area contributed by atoms with Crippen molar-refractivity contribution in [2.75, 3.05) is 7.11 Å². The molecule has 0 saturated heterocycles. The lowest BCUT2D eigenvalue weighted by atomic mass is 10.2.